The minimum absolute atomic E-state index is 0.0966. The first-order valence-corrected chi connectivity index (χ1v) is 12.6. The third-order valence-electron chi connectivity index (χ3n) is 6.85. The molecule has 2 aliphatic rings. The van der Waals surface area contributed by atoms with Gasteiger partial charge < -0.3 is 19.2 Å². The molecule has 0 radical (unpaired) electrons. The van der Waals surface area contributed by atoms with Gasteiger partial charge in [-0.2, -0.15) is 0 Å². The van der Waals surface area contributed by atoms with Crippen molar-refractivity contribution in [2.24, 2.45) is 5.16 Å². The minimum Gasteiger partial charge on any atom is -0.473 e. The van der Waals surface area contributed by atoms with Crippen molar-refractivity contribution in [2.45, 2.75) is 51.0 Å². The summed E-state index contributed by atoms with van der Waals surface area (Å²) in [5, 5.41) is 12.5. The Kier molecular flexibility index (Phi) is 7.79. The van der Waals surface area contributed by atoms with Crippen molar-refractivity contribution in [3.8, 4) is 5.88 Å². The second kappa shape index (κ2) is 11.4. The van der Waals surface area contributed by atoms with Crippen molar-refractivity contribution in [1.29, 1.82) is 0 Å². The highest BCUT2D eigenvalue weighted by atomic mass is 35.5. The van der Waals surface area contributed by atoms with E-state index in [0.29, 0.717) is 28.9 Å². The molecular formula is C26H29ClFN5O3. The number of ether oxygens (including phenoxy) is 2. The standard InChI is InChI=1S/C26H29ClFN5O3/c27-20-5-4-19(23(28)12-20)17-36-26-3-1-2-24(31-26)18-6-9-32(10-7-18)16-25-29-13-21(14-30-34)33(25)15-22-8-11-35-22/h1-5,12-14,18,22,34H,6-11,15-17H2/b30-14+/t22-/m0/s1. The fourth-order valence-electron chi connectivity index (χ4n) is 4.68. The van der Waals surface area contributed by atoms with Crippen LogP contribution in [-0.4, -0.2) is 56.7 Å². The maximum absolute atomic E-state index is 14.0. The molecule has 5 rings (SSSR count). The molecule has 3 aromatic rings. The van der Waals surface area contributed by atoms with Gasteiger partial charge in [-0.15, -0.1) is 0 Å². The average Bonchev–Trinajstić information content (AvgIpc) is 3.22. The number of piperidine rings is 1. The van der Waals surface area contributed by atoms with Gasteiger partial charge in [0.05, 0.1) is 37.3 Å². The van der Waals surface area contributed by atoms with Crippen LogP contribution in [0.1, 0.15) is 48.0 Å². The number of likely N-dealkylation sites (tertiary alicyclic amines) is 1. The minimum atomic E-state index is -0.386. The Morgan fingerprint density at radius 2 is 2.06 bits per heavy atom. The molecule has 10 heteroatoms. The highest BCUT2D eigenvalue weighted by molar-refractivity contribution is 6.30. The topological polar surface area (TPSA) is 85.0 Å². The predicted molar refractivity (Wildman–Crippen MR) is 133 cm³/mol. The van der Waals surface area contributed by atoms with E-state index in [1.54, 1.807) is 24.4 Å². The lowest BCUT2D eigenvalue weighted by molar-refractivity contribution is -0.0598. The second-order valence-corrected chi connectivity index (χ2v) is 9.65. The summed E-state index contributed by atoms with van der Waals surface area (Å²) in [6.07, 6.45) is 6.32. The second-order valence-electron chi connectivity index (χ2n) is 9.21. The number of halogens is 2. The van der Waals surface area contributed by atoms with Crippen LogP contribution in [-0.2, 0) is 24.4 Å². The highest BCUT2D eigenvalue weighted by Crippen LogP contribution is 2.29. The van der Waals surface area contributed by atoms with Crippen molar-refractivity contribution < 1.29 is 19.1 Å². The van der Waals surface area contributed by atoms with E-state index < -0.39 is 0 Å². The summed E-state index contributed by atoms with van der Waals surface area (Å²) in [6, 6.07) is 10.3. The zero-order valence-corrected chi connectivity index (χ0v) is 20.6. The molecule has 0 spiro atoms. The number of benzene rings is 1. The fraction of sp³-hybridized carbons (Fsp3) is 0.423. The van der Waals surface area contributed by atoms with Crippen LogP contribution in [0.5, 0.6) is 5.88 Å². The maximum Gasteiger partial charge on any atom is 0.213 e. The molecule has 2 aliphatic heterocycles. The lowest BCUT2D eigenvalue weighted by atomic mass is 9.93. The lowest BCUT2D eigenvalue weighted by Gasteiger charge is -2.32. The van der Waals surface area contributed by atoms with Crippen LogP contribution in [0, 0.1) is 5.82 Å². The van der Waals surface area contributed by atoms with E-state index in [9.17, 15) is 4.39 Å². The van der Waals surface area contributed by atoms with Gasteiger partial charge in [0.1, 0.15) is 18.2 Å². The number of nitrogens with zero attached hydrogens (tertiary/aromatic N) is 5. The third-order valence-corrected chi connectivity index (χ3v) is 7.08. The fourth-order valence-corrected chi connectivity index (χ4v) is 4.83. The molecule has 1 N–H and O–H groups in total. The van der Waals surface area contributed by atoms with Gasteiger partial charge in [-0.05, 0) is 50.6 Å². The monoisotopic (exact) mass is 513 g/mol. The average molecular weight is 514 g/mol. The summed E-state index contributed by atoms with van der Waals surface area (Å²) < 4.78 is 27.5. The summed E-state index contributed by atoms with van der Waals surface area (Å²) in [7, 11) is 0. The van der Waals surface area contributed by atoms with Crippen molar-refractivity contribution in [3.05, 3.63) is 76.2 Å². The normalized spacial score (nSPS) is 19.0. The summed E-state index contributed by atoms with van der Waals surface area (Å²) in [6.45, 7) is 4.17. The van der Waals surface area contributed by atoms with Crippen molar-refractivity contribution >= 4 is 17.8 Å². The van der Waals surface area contributed by atoms with E-state index in [1.807, 2.05) is 12.1 Å². The van der Waals surface area contributed by atoms with Gasteiger partial charge in [0.2, 0.25) is 5.88 Å². The first kappa shape index (κ1) is 24.7. The zero-order chi connectivity index (χ0) is 24.9. The molecule has 1 atom stereocenters. The summed E-state index contributed by atoms with van der Waals surface area (Å²) in [5.41, 5.74) is 2.21. The first-order valence-electron chi connectivity index (χ1n) is 12.2. The quantitative estimate of drug-likeness (QED) is 0.255. The van der Waals surface area contributed by atoms with Gasteiger partial charge in [-0.3, -0.25) is 4.90 Å². The van der Waals surface area contributed by atoms with Crippen molar-refractivity contribution in [1.82, 2.24) is 19.4 Å². The van der Waals surface area contributed by atoms with Gasteiger partial charge in [0.15, 0.2) is 0 Å². The van der Waals surface area contributed by atoms with E-state index in [1.165, 1.54) is 12.3 Å². The number of oxime groups is 1. The largest absolute Gasteiger partial charge is 0.473 e. The number of hydrogen-bond acceptors (Lipinski definition) is 7. The maximum atomic E-state index is 14.0. The Balaban J connectivity index is 1.17. The number of pyridine rings is 1. The molecule has 0 unspecified atom stereocenters. The van der Waals surface area contributed by atoms with Crippen LogP contribution < -0.4 is 4.74 Å². The molecular weight excluding hydrogens is 485 g/mol. The van der Waals surface area contributed by atoms with Gasteiger partial charge in [-0.1, -0.05) is 28.9 Å². The molecule has 0 aliphatic carbocycles. The Labute approximate surface area is 214 Å². The molecule has 8 nitrogen and oxygen atoms in total. The Morgan fingerprint density at radius 1 is 1.22 bits per heavy atom. The molecule has 1 aromatic carbocycles. The molecule has 36 heavy (non-hydrogen) atoms. The van der Waals surface area contributed by atoms with Crippen LogP contribution >= 0.6 is 11.6 Å². The molecule has 2 fully saturated rings. The van der Waals surface area contributed by atoms with Gasteiger partial charge in [0, 0.05) is 34.9 Å². The smallest absolute Gasteiger partial charge is 0.213 e. The number of imidazole rings is 1. The van der Waals surface area contributed by atoms with E-state index in [0.717, 1.165) is 62.7 Å². The molecule has 0 bridgehead atoms. The van der Waals surface area contributed by atoms with Crippen LogP contribution in [0.4, 0.5) is 4.39 Å². The molecule has 2 aromatic heterocycles. The van der Waals surface area contributed by atoms with E-state index >= 15 is 0 Å². The molecule has 0 amide bonds. The number of rotatable bonds is 9. The SMILES string of the molecule is O/N=C/c1cnc(CN2CCC(c3cccc(OCc4ccc(Cl)cc4F)n3)CC2)n1C[C@@H]1CCO1. The van der Waals surface area contributed by atoms with Crippen LogP contribution in [0.3, 0.4) is 0 Å². The van der Waals surface area contributed by atoms with Crippen LogP contribution in [0.25, 0.3) is 0 Å². The first-order chi connectivity index (χ1) is 17.6. The highest BCUT2D eigenvalue weighted by Gasteiger charge is 2.25. The zero-order valence-electron chi connectivity index (χ0n) is 19.9. The Bertz CT molecular complexity index is 1210. The van der Waals surface area contributed by atoms with Gasteiger partial charge >= 0.3 is 0 Å². The molecule has 0 saturated carbocycles. The van der Waals surface area contributed by atoms with Crippen LogP contribution in [0.15, 0.2) is 47.8 Å². The number of aromatic nitrogens is 3. The predicted octanol–water partition coefficient (Wildman–Crippen LogP) is 4.63. The van der Waals surface area contributed by atoms with Crippen LogP contribution in [0.2, 0.25) is 5.02 Å². The third kappa shape index (κ3) is 5.86. The Hall–Kier alpha value is -3.01. The van der Waals surface area contributed by atoms with Crippen molar-refractivity contribution in [2.75, 3.05) is 19.7 Å². The molecule has 190 valence electrons. The number of hydrogen-bond donors (Lipinski definition) is 1. The van der Waals surface area contributed by atoms with E-state index in [-0.39, 0.29) is 18.5 Å². The van der Waals surface area contributed by atoms with E-state index in [4.69, 9.17) is 31.3 Å². The molecule has 4 heterocycles. The van der Waals surface area contributed by atoms with Gasteiger partial charge in [0.25, 0.3) is 0 Å². The summed E-state index contributed by atoms with van der Waals surface area (Å²) in [5.74, 6) is 1.38. The summed E-state index contributed by atoms with van der Waals surface area (Å²) in [4.78, 5) is 11.7. The van der Waals surface area contributed by atoms with Crippen molar-refractivity contribution in [3.63, 3.8) is 0 Å². The van der Waals surface area contributed by atoms with Gasteiger partial charge in [-0.25, -0.2) is 14.4 Å². The lowest BCUT2D eigenvalue weighted by Crippen LogP contribution is -2.35. The summed E-state index contributed by atoms with van der Waals surface area (Å²) >= 11 is 5.83. The van der Waals surface area contributed by atoms with E-state index in [2.05, 4.69) is 19.6 Å². The Morgan fingerprint density at radius 3 is 2.78 bits per heavy atom. The molecule has 2 saturated heterocycles.